The summed E-state index contributed by atoms with van der Waals surface area (Å²) in [5.74, 6) is 1.61. The molecule has 5 nitrogen and oxygen atoms in total. The molecule has 0 unspecified atom stereocenters. The molecule has 2 aromatic rings. The normalized spacial score (nSPS) is 18.1. The van der Waals surface area contributed by atoms with Crippen molar-refractivity contribution in [1.82, 2.24) is 19.4 Å². The molecule has 1 aromatic heterocycles. The highest BCUT2D eigenvalue weighted by atomic mass is 16.2. The summed E-state index contributed by atoms with van der Waals surface area (Å²) in [7, 11) is 0. The monoisotopic (exact) mass is 370 g/mol. The number of rotatable bonds is 8. The van der Waals surface area contributed by atoms with E-state index >= 15 is 0 Å². The van der Waals surface area contributed by atoms with E-state index < -0.39 is 0 Å². The Bertz CT molecular complexity index is 748. The maximum atomic E-state index is 13.0. The molecule has 0 radical (unpaired) electrons. The van der Waals surface area contributed by atoms with Gasteiger partial charge in [-0.2, -0.15) is 0 Å². The Morgan fingerprint density at radius 1 is 1.19 bits per heavy atom. The molecule has 2 heterocycles. The maximum Gasteiger partial charge on any atom is 0.226 e. The van der Waals surface area contributed by atoms with Crippen LogP contribution in [0.15, 0.2) is 24.3 Å². The number of aromatic nitrogens is 2. The van der Waals surface area contributed by atoms with Crippen molar-refractivity contribution in [2.24, 2.45) is 5.92 Å². The van der Waals surface area contributed by atoms with E-state index in [1.54, 1.807) is 0 Å². The van der Waals surface area contributed by atoms with E-state index in [4.69, 9.17) is 4.98 Å². The van der Waals surface area contributed by atoms with Gasteiger partial charge in [-0.05, 0) is 51.3 Å². The number of para-hydroxylation sites is 2. The Kier molecular flexibility index (Phi) is 6.89. The van der Waals surface area contributed by atoms with E-state index in [0.717, 1.165) is 76.3 Å². The lowest BCUT2D eigenvalue weighted by Crippen LogP contribution is -2.45. The van der Waals surface area contributed by atoms with Gasteiger partial charge in [-0.15, -0.1) is 0 Å². The summed E-state index contributed by atoms with van der Waals surface area (Å²) in [6.45, 7) is 11.9. The number of nitrogens with zero attached hydrogens (tertiary/aromatic N) is 4. The second kappa shape index (κ2) is 9.36. The van der Waals surface area contributed by atoms with Gasteiger partial charge in [-0.1, -0.05) is 26.0 Å². The topological polar surface area (TPSA) is 41.4 Å². The molecule has 0 bridgehead atoms. The number of likely N-dealkylation sites (tertiary alicyclic amines) is 1. The van der Waals surface area contributed by atoms with Crippen molar-refractivity contribution in [3.63, 3.8) is 0 Å². The Labute approximate surface area is 163 Å². The molecule has 0 saturated carbocycles. The molecule has 3 rings (SSSR count). The summed E-state index contributed by atoms with van der Waals surface area (Å²) < 4.78 is 2.31. The largest absolute Gasteiger partial charge is 0.342 e. The Morgan fingerprint density at radius 3 is 2.63 bits per heavy atom. The molecule has 5 heteroatoms. The number of piperidine rings is 1. The fraction of sp³-hybridized carbons (Fsp3) is 0.636. The van der Waals surface area contributed by atoms with Crippen LogP contribution in [0.2, 0.25) is 0 Å². The van der Waals surface area contributed by atoms with Crippen LogP contribution in [0.5, 0.6) is 0 Å². The van der Waals surface area contributed by atoms with Gasteiger partial charge in [-0.25, -0.2) is 4.98 Å². The first-order chi connectivity index (χ1) is 13.2. The van der Waals surface area contributed by atoms with Gasteiger partial charge in [0.2, 0.25) is 5.91 Å². The number of hydrogen-bond acceptors (Lipinski definition) is 3. The number of benzene rings is 1. The molecule has 27 heavy (non-hydrogen) atoms. The van der Waals surface area contributed by atoms with E-state index in [2.05, 4.69) is 53.3 Å². The van der Waals surface area contributed by atoms with E-state index in [1.165, 1.54) is 5.52 Å². The SMILES string of the molecule is CCCN(CCC)C(=O)[C@H]1CCCN(Cc2nc3ccccc3n2CC)C1. The van der Waals surface area contributed by atoms with Gasteiger partial charge in [0, 0.05) is 26.2 Å². The highest BCUT2D eigenvalue weighted by molar-refractivity contribution is 5.79. The summed E-state index contributed by atoms with van der Waals surface area (Å²) in [6.07, 6.45) is 4.17. The molecule has 1 aromatic carbocycles. The maximum absolute atomic E-state index is 13.0. The van der Waals surface area contributed by atoms with Crippen LogP contribution in [0, 0.1) is 5.92 Å². The number of imidazole rings is 1. The van der Waals surface area contributed by atoms with Gasteiger partial charge in [-0.3, -0.25) is 9.69 Å². The molecule has 0 N–H and O–H groups in total. The molecule has 1 saturated heterocycles. The molecule has 1 aliphatic rings. The zero-order valence-corrected chi connectivity index (χ0v) is 17.2. The molecular weight excluding hydrogens is 336 g/mol. The number of carbonyl (C=O) groups excluding carboxylic acids is 1. The highest BCUT2D eigenvalue weighted by Crippen LogP contribution is 2.23. The Morgan fingerprint density at radius 2 is 1.93 bits per heavy atom. The third kappa shape index (κ3) is 4.52. The summed E-state index contributed by atoms with van der Waals surface area (Å²) in [6, 6.07) is 8.35. The van der Waals surface area contributed by atoms with Crippen molar-refractivity contribution in [2.75, 3.05) is 26.2 Å². The minimum atomic E-state index is 0.135. The minimum absolute atomic E-state index is 0.135. The van der Waals surface area contributed by atoms with Gasteiger partial charge in [0.05, 0.1) is 23.5 Å². The summed E-state index contributed by atoms with van der Waals surface area (Å²) in [5, 5.41) is 0. The average Bonchev–Trinajstić information content (AvgIpc) is 3.04. The predicted molar refractivity (Wildman–Crippen MR) is 111 cm³/mol. The minimum Gasteiger partial charge on any atom is -0.342 e. The summed E-state index contributed by atoms with van der Waals surface area (Å²) in [5.41, 5.74) is 2.27. The fourth-order valence-electron chi connectivity index (χ4n) is 4.33. The zero-order valence-electron chi connectivity index (χ0n) is 17.2. The highest BCUT2D eigenvalue weighted by Gasteiger charge is 2.29. The van der Waals surface area contributed by atoms with Crippen LogP contribution >= 0.6 is 0 Å². The van der Waals surface area contributed by atoms with Gasteiger partial charge >= 0.3 is 0 Å². The number of amides is 1. The van der Waals surface area contributed by atoms with Crippen molar-refractivity contribution in [1.29, 1.82) is 0 Å². The quantitative estimate of drug-likeness (QED) is 0.707. The van der Waals surface area contributed by atoms with Crippen molar-refractivity contribution < 1.29 is 4.79 Å². The molecule has 0 aliphatic carbocycles. The van der Waals surface area contributed by atoms with Gasteiger partial charge in [0.25, 0.3) is 0 Å². The van der Waals surface area contributed by atoms with Gasteiger partial charge in [0.15, 0.2) is 0 Å². The van der Waals surface area contributed by atoms with Crippen molar-refractivity contribution in [3.05, 3.63) is 30.1 Å². The molecule has 148 valence electrons. The van der Waals surface area contributed by atoms with Crippen molar-refractivity contribution in [2.45, 2.75) is 59.5 Å². The van der Waals surface area contributed by atoms with Crippen LogP contribution in [0.4, 0.5) is 0 Å². The van der Waals surface area contributed by atoms with Gasteiger partial charge < -0.3 is 9.47 Å². The zero-order chi connectivity index (χ0) is 19.2. The summed E-state index contributed by atoms with van der Waals surface area (Å²) >= 11 is 0. The molecule has 1 atom stereocenters. The smallest absolute Gasteiger partial charge is 0.226 e. The first-order valence-corrected chi connectivity index (χ1v) is 10.6. The van der Waals surface area contributed by atoms with E-state index in [9.17, 15) is 4.79 Å². The number of fused-ring (bicyclic) bond motifs is 1. The van der Waals surface area contributed by atoms with E-state index in [1.807, 2.05) is 6.07 Å². The van der Waals surface area contributed by atoms with Crippen LogP contribution < -0.4 is 0 Å². The van der Waals surface area contributed by atoms with Crippen LogP contribution in [0.1, 0.15) is 52.3 Å². The lowest BCUT2D eigenvalue weighted by Gasteiger charge is -2.34. The van der Waals surface area contributed by atoms with Crippen LogP contribution in [-0.4, -0.2) is 51.4 Å². The fourth-order valence-corrected chi connectivity index (χ4v) is 4.33. The van der Waals surface area contributed by atoms with Crippen LogP contribution in [0.3, 0.4) is 0 Å². The van der Waals surface area contributed by atoms with Crippen molar-refractivity contribution >= 4 is 16.9 Å². The third-order valence-corrected chi connectivity index (χ3v) is 5.57. The first-order valence-electron chi connectivity index (χ1n) is 10.6. The predicted octanol–water partition coefficient (Wildman–Crippen LogP) is 3.92. The average molecular weight is 371 g/mol. The second-order valence-electron chi connectivity index (χ2n) is 7.66. The molecule has 1 fully saturated rings. The molecule has 1 amide bonds. The second-order valence-corrected chi connectivity index (χ2v) is 7.66. The number of aryl methyl sites for hydroxylation is 1. The van der Waals surface area contributed by atoms with Crippen LogP contribution in [-0.2, 0) is 17.9 Å². The van der Waals surface area contributed by atoms with Gasteiger partial charge in [0.1, 0.15) is 5.82 Å². The number of carbonyl (C=O) groups is 1. The lowest BCUT2D eigenvalue weighted by atomic mass is 9.96. The standard InChI is InChI=1S/C22H34N4O/c1-4-13-25(14-5-2)22(27)18-10-9-15-24(16-18)17-21-23-19-11-7-8-12-20(19)26(21)6-3/h7-8,11-12,18H,4-6,9-10,13-17H2,1-3H3/t18-/m0/s1. The van der Waals surface area contributed by atoms with E-state index in [-0.39, 0.29) is 5.92 Å². The van der Waals surface area contributed by atoms with Crippen molar-refractivity contribution in [3.8, 4) is 0 Å². The van der Waals surface area contributed by atoms with E-state index in [0.29, 0.717) is 5.91 Å². The number of hydrogen-bond donors (Lipinski definition) is 0. The molecule has 1 aliphatic heterocycles. The van der Waals surface area contributed by atoms with Crippen LogP contribution in [0.25, 0.3) is 11.0 Å². The lowest BCUT2D eigenvalue weighted by molar-refractivity contribution is -0.137. The third-order valence-electron chi connectivity index (χ3n) is 5.57. The Hall–Kier alpha value is -1.88. The summed E-state index contributed by atoms with van der Waals surface area (Å²) in [4.78, 5) is 22.4. The molecular formula is C22H34N4O. The Balaban J connectivity index is 1.70. The molecule has 0 spiro atoms. The first kappa shape index (κ1) is 19.9.